The standard InChI is InChI=1S/C18H16O2/c19-17-12-16(14-9-5-2-6-10-14)18(20)11-15(17)13-7-3-1-4-8-13/h1-10,15-16H,11-12H2. The normalized spacial score (nSPS) is 22.8. The molecule has 2 heteroatoms. The Morgan fingerprint density at radius 3 is 1.30 bits per heavy atom. The fourth-order valence-electron chi connectivity index (χ4n) is 2.89. The van der Waals surface area contributed by atoms with Crippen molar-refractivity contribution < 1.29 is 9.59 Å². The number of hydrogen-bond donors (Lipinski definition) is 0. The summed E-state index contributed by atoms with van der Waals surface area (Å²) in [6, 6.07) is 19.2. The summed E-state index contributed by atoms with van der Waals surface area (Å²) in [7, 11) is 0. The number of rotatable bonds is 2. The first-order chi connectivity index (χ1) is 9.75. The molecule has 0 radical (unpaired) electrons. The summed E-state index contributed by atoms with van der Waals surface area (Å²) in [5.74, 6) is -0.179. The Bertz CT molecular complexity index is 559. The fraction of sp³-hybridized carbons (Fsp3) is 0.222. The summed E-state index contributed by atoms with van der Waals surface area (Å²) in [4.78, 5) is 24.7. The molecule has 20 heavy (non-hydrogen) atoms. The van der Waals surface area contributed by atoms with E-state index in [9.17, 15) is 9.59 Å². The van der Waals surface area contributed by atoms with Crippen molar-refractivity contribution in [3.05, 3.63) is 71.8 Å². The molecule has 1 saturated carbocycles. The van der Waals surface area contributed by atoms with Gasteiger partial charge in [0.1, 0.15) is 11.6 Å². The van der Waals surface area contributed by atoms with E-state index >= 15 is 0 Å². The highest BCUT2D eigenvalue weighted by molar-refractivity contribution is 6.01. The van der Waals surface area contributed by atoms with Crippen LogP contribution in [0.15, 0.2) is 60.7 Å². The third-order valence-electron chi connectivity index (χ3n) is 3.99. The van der Waals surface area contributed by atoms with Crippen LogP contribution in [0, 0.1) is 0 Å². The molecule has 0 aromatic heterocycles. The van der Waals surface area contributed by atoms with E-state index in [0.717, 1.165) is 11.1 Å². The van der Waals surface area contributed by atoms with Gasteiger partial charge in [-0.25, -0.2) is 0 Å². The summed E-state index contributed by atoms with van der Waals surface area (Å²) < 4.78 is 0. The minimum absolute atomic E-state index is 0.171. The number of hydrogen-bond acceptors (Lipinski definition) is 2. The van der Waals surface area contributed by atoms with Crippen LogP contribution in [-0.4, -0.2) is 11.6 Å². The third-order valence-corrected chi connectivity index (χ3v) is 3.99. The van der Waals surface area contributed by atoms with Crippen molar-refractivity contribution in [1.82, 2.24) is 0 Å². The van der Waals surface area contributed by atoms with Gasteiger partial charge < -0.3 is 0 Å². The molecule has 0 spiro atoms. The second kappa shape index (κ2) is 5.41. The lowest BCUT2D eigenvalue weighted by atomic mass is 9.74. The van der Waals surface area contributed by atoms with Crippen LogP contribution in [0.4, 0.5) is 0 Å². The van der Waals surface area contributed by atoms with Crippen LogP contribution in [0.1, 0.15) is 35.8 Å². The van der Waals surface area contributed by atoms with E-state index in [-0.39, 0.29) is 23.4 Å². The number of carbonyl (C=O) groups excluding carboxylic acids is 2. The van der Waals surface area contributed by atoms with Gasteiger partial charge in [-0.05, 0) is 11.1 Å². The van der Waals surface area contributed by atoms with Crippen molar-refractivity contribution in [2.24, 2.45) is 0 Å². The second-order valence-electron chi connectivity index (χ2n) is 5.27. The van der Waals surface area contributed by atoms with E-state index in [4.69, 9.17) is 0 Å². The zero-order chi connectivity index (χ0) is 13.9. The molecule has 1 aliphatic rings. The van der Waals surface area contributed by atoms with Crippen LogP contribution in [0.2, 0.25) is 0 Å². The average Bonchev–Trinajstić information content (AvgIpc) is 2.51. The van der Waals surface area contributed by atoms with Crippen LogP contribution in [0.3, 0.4) is 0 Å². The lowest BCUT2D eigenvalue weighted by molar-refractivity contribution is -0.131. The highest BCUT2D eigenvalue weighted by Gasteiger charge is 2.36. The lowest BCUT2D eigenvalue weighted by Crippen LogP contribution is -2.29. The largest absolute Gasteiger partial charge is 0.299 e. The molecule has 3 rings (SSSR count). The second-order valence-corrected chi connectivity index (χ2v) is 5.27. The van der Waals surface area contributed by atoms with Gasteiger partial charge in [-0.1, -0.05) is 60.7 Å². The molecule has 0 heterocycles. The lowest BCUT2D eigenvalue weighted by Gasteiger charge is -2.26. The minimum Gasteiger partial charge on any atom is -0.299 e. The van der Waals surface area contributed by atoms with Gasteiger partial charge in [0.05, 0.1) is 0 Å². The summed E-state index contributed by atoms with van der Waals surface area (Å²) >= 11 is 0. The molecular formula is C18H16O2. The van der Waals surface area contributed by atoms with Crippen LogP contribution < -0.4 is 0 Å². The van der Waals surface area contributed by atoms with E-state index in [1.807, 2.05) is 60.7 Å². The van der Waals surface area contributed by atoms with E-state index in [1.54, 1.807) is 0 Å². The van der Waals surface area contributed by atoms with Crippen LogP contribution in [0.25, 0.3) is 0 Å². The molecular weight excluding hydrogens is 248 g/mol. The van der Waals surface area contributed by atoms with Gasteiger partial charge in [-0.2, -0.15) is 0 Å². The van der Waals surface area contributed by atoms with E-state index in [1.165, 1.54) is 0 Å². The smallest absolute Gasteiger partial charge is 0.141 e. The first kappa shape index (κ1) is 12.8. The Kier molecular flexibility index (Phi) is 3.46. The van der Waals surface area contributed by atoms with Gasteiger partial charge in [0.15, 0.2) is 0 Å². The maximum absolute atomic E-state index is 12.4. The third kappa shape index (κ3) is 2.42. The molecule has 2 nitrogen and oxygen atoms in total. The van der Waals surface area contributed by atoms with Crippen molar-refractivity contribution in [2.45, 2.75) is 24.7 Å². The van der Waals surface area contributed by atoms with Crippen LogP contribution in [0.5, 0.6) is 0 Å². The molecule has 100 valence electrons. The summed E-state index contributed by atoms with van der Waals surface area (Å²) in [6.07, 6.45) is 0.644. The molecule has 2 aromatic rings. The number of ketones is 2. The summed E-state index contributed by atoms with van der Waals surface area (Å²) in [5, 5.41) is 0. The highest BCUT2D eigenvalue weighted by Crippen LogP contribution is 2.35. The molecule has 2 unspecified atom stereocenters. The molecule has 0 N–H and O–H groups in total. The van der Waals surface area contributed by atoms with E-state index in [0.29, 0.717) is 12.8 Å². The quantitative estimate of drug-likeness (QED) is 0.832. The van der Waals surface area contributed by atoms with Crippen molar-refractivity contribution in [3.8, 4) is 0 Å². The molecule has 2 atom stereocenters. The van der Waals surface area contributed by atoms with Gasteiger partial charge in [0.2, 0.25) is 0 Å². The molecule has 0 aliphatic heterocycles. The Hall–Kier alpha value is -2.22. The SMILES string of the molecule is O=C1CC(c2ccccc2)C(=O)CC1c1ccccc1. The predicted molar refractivity (Wildman–Crippen MR) is 77.6 cm³/mol. The van der Waals surface area contributed by atoms with Gasteiger partial charge in [-0.3, -0.25) is 9.59 Å². The van der Waals surface area contributed by atoms with Crippen molar-refractivity contribution in [2.75, 3.05) is 0 Å². The van der Waals surface area contributed by atoms with Crippen LogP contribution >= 0.6 is 0 Å². The number of benzene rings is 2. The first-order valence-corrected chi connectivity index (χ1v) is 6.91. The molecule has 1 fully saturated rings. The fourth-order valence-corrected chi connectivity index (χ4v) is 2.89. The molecule has 1 aliphatic carbocycles. The van der Waals surface area contributed by atoms with Gasteiger partial charge in [-0.15, -0.1) is 0 Å². The van der Waals surface area contributed by atoms with Gasteiger partial charge >= 0.3 is 0 Å². The van der Waals surface area contributed by atoms with E-state index < -0.39 is 0 Å². The monoisotopic (exact) mass is 264 g/mol. The summed E-state index contributed by atoms with van der Waals surface area (Å²) in [6.45, 7) is 0. The molecule has 0 saturated heterocycles. The summed E-state index contributed by atoms with van der Waals surface area (Å²) in [5.41, 5.74) is 1.91. The average molecular weight is 264 g/mol. The number of Topliss-reactive ketones (excluding diaryl/α,β-unsaturated/α-hetero) is 2. The highest BCUT2D eigenvalue weighted by atomic mass is 16.1. The topological polar surface area (TPSA) is 34.1 Å². The zero-order valence-electron chi connectivity index (χ0n) is 11.2. The van der Waals surface area contributed by atoms with Crippen LogP contribution in [-0.2, 0) is 9.59 Å². The van der Waals surface area contributed by atoms with Gasteiger partial charge in [0, 0.05) is 24.7 Å². The minimum atomic E-state index is -0.260. The predicted octanol–water partition coefficient (Wildman–Crippen LogP) is 3.49. The Morgan fingerprint density at radius 2 is 0.950 bits per heavy atom. The van der Waals surface area contributed by atoms with E-state index in [2.05, 4.69) is 0 Å². The zero-order valence-corrected chi connectivity index (χ0v) is 11.2. The van der Waals surface area contributed by atoms with Crippen molar-refractivity contribution in [3.63, 3.8) is 0 Å². The maximum Gasteiger partial charge on any atom is 0.141 e. The first-order valence-electron chi connectivity index (χ1n) is 6.91. The number of carbonyl (C=O) groups is 2. The van der Waals surface area contributed by atoms with Gasteiger partial charge in [0.25, 0.3) is 0 Å². The molecule has 0 amide bonds. The Morgan fingerprint density at radius 1 is 0.600 bits per heavy atom. The maximum atomic E-state index is 12.4. The van der Waals surface area contributed by atoms with Crippen molar-refractivity contribution >= 4 is 11.6 Å². The van der Waals surface area contributed by atoms with Crippen molar-refractivity contribution in [1.29, 1.82) is 0 Å². The Labute approximate surface area is 118 Å². The Balaban J connectivity index is 1.84. The molecule has 0 bridgehead atoms. The molecule has 2 aromatic carbocycles.